The highest BCUT2D eigenvalue weighted by molar-refractivity contribution is 7.99. The van der Waals surface area contributed by atoms with Crippen LogP contribution in [0.3, 0.4) is 0 Å². The Kier molecular flexibility index (Phi) is 7.56. The van der Waals surface area contributed by atoms with Gasteiger partial charge in [0.2, 0.25) is 5.91 Å². The molecule has 3 aromatic rings. The van der Waals surface area contributed by atoms with Crippen LogP contribution in [0.1, 0.15) is 30.9 Å². The molecule has 1 amide bonds. The summed E-state index contributed by atoms with van der Waals surface area (Å²) in [5.41, 5.74) is 2.14. The van der Waals surface area contributed by atoms with Crippen LogP contribution in [0.25, 0.3) is 0 Å². The van der Waals surface area contributed by atoms with Gasteiger partial charge in [-0.25, -0.2) is 4.98 Å². The fourth-order valence-electron chi connectivity index (χ4n) is 3.78. The average Bonchev–Trinajstić information content (AvgIpc) is 3.33. The quantitative estimate of drug-likeness (QED) is 0.503. The Labute approximate surface area is 196 Å². The van der Waals surface area contributed by atoms with Gasteiger partial charge >= 0.3 is 0 Å². The summed E-state index contributed by atoms with van der Waals surface area (Å²) in [7, 11) is 0. The number of hydrogen-bond donors (Lipinski definition) is 1. The number of amides is 1. The van der Waals surface area contributed by atoms with Gasteiger partial charge in [-0.1, -0.05) is 42.1 Å². The number of morpholine rings is 1. The number of aromatic nitrogens is 4. The van der Waals surface area contributed by atoms with E-state index in [0.717, 1.165) is 36.3 Å². The Hall–Kier alpha value is -2.27. The highest BCUT2D eigenvalue weighted by Crippen LogP contribution is 2.21. The molecule has 170 valence electrons. The van der Waals surface area contributed by atoms with Gasteiger partial charge in [0, 0.05) is 25.0 Å². The van der Waals surface area contributed by atoms with Crippen LogP contribution in [0.15, 0.2) is 40.9 Å². The second-order valence-electron chi connectivity index (χ2n) is 8.03. The van der Waals surface area contributed by atoms with E-state index in [1.807, 2.05) is 35.1 Å². The Morgan fingerprint density at radius 2 is 1.94 bits per heavy atom. The van der Waals surface area contributed by atoms with Gasteiger partial charge in [0.05, 0.1) is 30.2 Å². The summed E-state index contributed by atoms with van der Waals surface area (Å²) in [5.74, 6) is 0.977. The number of nitrogens with one attached hydrogen (secondary N) is 1. The van der Waals surface area contributed by atoms with Gasteiger partial charge in [-0.15, -0.1) is 21.5 Å². The zero-order chi connectivity index (χ0) is 22.5. The molecule has 8 nitrogen and oxygen atoms in total. The minimum Gasteiger partial charge on any atom is -0.373 e. The number of aryl methyl sites for hydroxylation is 1. The lowest BCUT2D eigenvalue weighted by Gasteiger charge is -2.34. The number of nitrogens with zero attached hydrogens (tertiary/aromatic N) is 5. The predicted octanol–water partition coefficient (Wildman–Crippen LogP) is 3.43. The van der Waals surface area contributed by atoms with Crippen LogP contribution in [0.5, 0.6) is 0 Å². The van der Waals surface area contributed by atoms with Crippen molar-refractivity contribution in [1.82, 2.24) is 24.6 Å². The standard InChI is InChI=1S/C22H28N6O2S2/c1-15-9-27(10-16(2)30-15)12-19-13-31-21(23-19)24-20(29)14-32-22-26-25-17(3)28(22)11-18-7-5-4-6-8-18/h4-8,13,15-16H,9-12,14H2,1-3H3,(H,23,24,29). The van der Waals surface area contributed by atoms with Crippen molar-refractivity contribution in [2.45, 2.75) is 51.2 Å². The van der Waals surface area contributed by atoms with Crippen molar-refractivity contribution < 1.29 is 9.53 Å². The van der Waals surface area contributed by atoms with E-state index in [-0.39, 0.29) is 23.9 Å². The second kappa shape index (κ2) is 10.6. The number of anilines is 1. The third kappa shape index (κ3) is 6.16. The van der Waals surface area contributed by atoms with Gasteiger partial charge in [-0.2, -0.15) is 0 Å². The van der Waals surface area contributed by atoms with E-state index in [9.17, 15) is 4.79 Å². The number of ether oxygens (including phenoxy) is 1. The van der Waals surface area contributed by atoms with Crippen molar-refractivity contribution in [3.8, 4) is 0 Å². The van der Waals surface area contributed by atoms with Crippen LogP contribution in [-0.2, 0) is 22.6 Å². The Balaban J connectivity index is 1.29. The average molecular weight is 473 g/mol. The van der Waals surface area contributed by atoms with Crippen LogP contribution in [0.4, 0.5) is 5.13 Å². The van der Waals surface area contributed by atoms with Crippen molar-refractivity contribution in [2.75, 3.05) is 24.2 Å². The van der Waals surface area contributed by atoms with E-state index in [1.54, 1.807) is 0 Å². The normalized spacial score (nSPS) is 19.2. The van der Waals surface area contributed by atoms with E-state index < -0.39 is 0 Å². The second-order valence-corrected chi connectivity index (χ2v) is 9.83. The molecule has 0 spiro atoms. The van der Waals surface area contributed by atoms with Gasteiger partial charge in [-0.05, 0) is 26.3 Å². The van der Waals surface area contributed by atoms with Crippen LogP contribution in [0.2, 0.25) is 0 Å². The molecule has 1 aliphatic heterocycles. The molecule has 3 heterocycles. The lowest BCUT2D eigenvalue weighted by molar-refractivity contribution is -0.113. The molecule has 0 saturated carbocycles. The minimum atomic E-state index is -0.101. The molecule has 1 N–H and O–H groups in total. The van der Waals surface area contributed by atoms with E-state index in [0.29, 0.717) is 11.7 Å². The highest BCUT2D eigenvalue weighted by Gasteiger charge is 2.23. The highest BCUT2D eigenvalue weighted by atomic mass is 32.2. The first-order valence-electron chi connectivity index (χ1n) is 10.6. The Morgan fingerprint density at radius 1 is 1.19 bits per heavy atom. The molecule has 1 aliphatic rings. The van der Waals surface area contributed by atoms with Crippen LogP contribution in [-0.4, -0.2) is 61.6 Å². The van der Waals surface area contributed by atoms with Crippen molar-refractivity contribution >= 4 is 34.1 Å². The number of carbonyl (C=O) groups excluding carboxylic acids is 1. The molecular weight excluding hydrogens is 444 g/mol. The summed E-state index contributed by atoms with van der Waals surface area (Å²) in [6.07, 6.45) is 0.447. The van der Waals surface area contributed by atoms with Crippen molar-refractivity contribution in [1.29, 1.82) is 0 Å². The van der Waals surface area contributed by atoms with Crippen molar-refractivity contribution in [3.05, 3.63) is 52.8 Å². The minimum absolute atomic E-state index is 0.101. The molecule has 0 aliphatic carbocycles. The molecule has 4 rings (SSSR count). The maximum atomic E-state index is 12.5. The monoisotopic (exact) mass is 472 g/mol. The summed E-state index contributed by atoms with van der Waals surface area (Å²) in [6.45, 7) is 9.34. The molecule has 1 aromatic carbocycles. The molecule has 2 aromatic heterocycles. The molecule has 1 saturated heterocycles. The molecule has 32 heavy (non-hydrogen) atoms. The first-order chi connectivity index (χ1) is 15.5. The van der Waals surface area contributed by atoms with Crippen LogP contribution < -0.4 is 5.32 Å². The number of rotatable bonds is 8. The molecule has 2 unspecified atom stereocenters. The first kappa shape index (κ1) is 22.9. The van der Waals surface area contributed by atoms with Gasteiger partial charge in [0.25, 0.3) is 0 Å². The molecule has 0 radical (unpaired) electrons. The van der Waals surface area contributed by atoms with Gasteiger partial charge < -0.3 is 14.6 Å². The summed E-state index contributed by atoms with van der Waals surface area (Å²) >= 11 is 2.84. The Morgan fingerprint density at radius 3 is 2.69 bits per heavy atom. The number of carbonyl (C=O) groups is 1. The van der Waals surface area contributed by atoms with Crippen molar-refractivity contribution in [3.63, 3.8) is 0 Å². The van der Waals surface area contributed by atoms with E-state index >= 15 is 0 Å². The number of hydrogen-bond acceptors (Lipinski definition) is 8. The summed E-state index contributed by atoms with van der Waals surface area (Å²) in [5, 5.41) is 14.7. The number of thiazole rings is 1. The third-order valence-electron chi connectivity index (χ3n) is 5.10. The first-order valence-corrected chi connectivity index (χ1v) is 12.5. The van der Waals surface area contributed by atoms with Gasteiger partial charge in [0.15, 0.2) is 10.3 Å². The molecule has 10 heteroatoms. The molecule has 2 atom stereocenters. The zero-order valence-corrected chi connectivity index (χ0v) is 20.2. The van der Waals surface area contributed by atoms with E-state index in [4.69, 9.17) is 4.74 Å². The number of thioether (sulfide) groups is 1. The molecule has 0 bridgehead atoms. The fourth-order valence-corrected chi connectivity index (χ4v) is 5.28. The maximum Gasteiger partial charge on any atom is 0.236 e. The SMILES string of the molecule is Cc1nnc(SCC(=O)Nc2nc(CN3CC(C)OC(C)C3)cs2)n1Cc1ccccc1. The lowest BCUT2D eigenvalue weighted by atomic mass is 10.2. The van der Waals surface area contributed by atoms with E-state index in [2.05, 4.69) is 51.4 Å². The number of benzene rings is 1. The van der Waals surface area contributed by atoms with Gasteiger partial charge in [0.1, 0.15) is 5.82 Å². The molecule has 1 fully saturated rings. The zero-order valence-electron chi connectivity index (χ0n) is 18.5. The van der Waals surface area contributed by atoms with Crippen LogP contribution >= 0.6 is 23.1 Å². The fraction of sp³-hybridized carbons (Fsp3) is 0.455. The van der Waals surface area contributed by atoms with E-state index in [1.165, 1.54) is 28.7 Å². The smallest absolute Gasteiger partial charge is 0.236 e. The largest absolute Gasteiger partial charge is 0.373 e. The summed E-state index contributed by atoms with van der Waals surface area (Å²) in [6, 6.07) is 10.2. The lowest BCUT2D eigenvalue weighted by Crippen LogP contribution is -2.44. The maximum absolute atomic E-state index is 12.5. The van der Waals surface area contributed by atoms with Gasteiger partial charge in [-0.3, -0.25) is 9.69 Å². The summed E-state index contributed by atoms with van der Waals surface area (Å²) in [4.78, 5) is 19.4. The molecular formula is C22H28N6O2S2. The van der Waals surface area contributed by atoms with Crippen molar-refractivity contribution in [2.24, 2.45) is 0 Å². The van der Waals surface area contributed by atoms with Crippen LogP contribution in [0, 0.1) is 6.92 Å². The topological polar surface area (TPSA) is 85.2 Å². The third-order valence-corrected chi connectivity index (χ3v) is 6.87. The Bertz CT molecular complexity index is 1030. The predicted molar refractivity (Wildman–Crippen MR) is 127 cm³/mol. The summed E-state index contributed by atoms with van der Waals surface area (Å²) < 4.78 is 7.82.